The van der Waals surface area contributed by atoms with Crippen molar-refractivity contribution in [2.24, 2.45) is 5.92 Å². The molecule has 0 radical (unpaired) electrons. The van der Waals surface area contributed by atoms with E-state index < -0.39 is 0 Å². The molecule has 2 aromatic carbocycles. The fourth-order valence-corrected chi connectivity index (χ4v) is 5.23. The number of nitrogens with zero attached hydrogens (tertiary/aromatic N) is 2. The molecule has 30 heavy (non-hydrogen) atoms. The molecule has 0 aromatic heterocycles. The minimum Gasteiger partial charge on any atom is -0.344 e. The Kier molecular flexibility index (Phi) is 6.51. The molecular weight excluding hydrogens is 372 g/mol. The number of hydrogen-bond acceptors (Lipinski definition) is 2. The van der Waals surface area contributed by atoms with E-state index in [4.69, 9.17) is 0 Å². The second-order valence-corrected chi connectivity index (χ2v) is 8.79. The van der Waals surface area contributed by atoms with Gasteiger partial charge in [0.1, 0.15) is 6.04 Å². The lowest BCUT2D eigenvalue weighted by atomic mass is 9.84. The predicted octanol–water partition coefficient (Wildman–Crippen LogP) is 4.55. The lowest BCUT2D eigenvalue weighted by molar-refractivity contribution is -0.134. The summed E-state index contributed by atoms with van der Waals surface area (Å²) in [6, 6.07) is 19.7. The Bertz CT molecular complexity index is 852. The summed E-state index contributed by atoms with van der Waals surface area (Å²) < 4.78 is 0. The topological polar surface area (TPSA) is 40.6 Å². The summed E-state index contributed by atoms with van der Waals surface area (Å²) in [6.45, 7) is 0.715. The van der Waals surface area contributed by atoms with Crippen LogP contribution in [0.15, 0.2) is 60.7 Å². The van der Waals surface area contributed by atoms with Gasteiger partial charge in [-0.2, -0.15) is 0 Å². The number of aryl methyl sites for hydroxylation is 1. The largest absolute Gasteiger partial charge is 0.344 e. The van der Waals surface area contributed by atoms with Gasteiger partial charge < -0.3 is 9.80 Å². The van der Waals surface area contributed by atoms with Crippen LogP contribution in [0.4, 0.5) is 0 Å². The highest BCUT2D eigenvalue weighted by molar-refractivity contribution is 5.98. The molecule has 4 heteroatoms. The van der Waals surface area contributed by atoms with E-state index in [-0.39, 0.29) is 23.9 Å². The number of carbonyl (C=O) groups is 2. The maximum Gasteiger partial charge on any atom is 0.254 e. The first-order chi connectivity index (χ1) is 14.6. The number of carbonyl (C=O) groups excluding carboxylic acids is 2. The van der Waals surface area contributed by atoms with E-state index in [9.17, 15) is 9.59 Å². The minimum atomic E-state index is -0.326. The molecule has 4 rings (SSSR count). The summed E-state index contributed by atoms with van der Waals surface area (Å²) in [5, 5.41) is 0. The summed E-state index contributed by atoms with van der Waals surface area (Å²) in [6.07, 6.45) is 7.20. The lowest BCUT2D eigenvalue weighted by Crippen LogP contribution is -2.50. The Balaban J connectivity index is 1.45. The van der Waals surface area contributed by atoms with Gasteiger partial charge in [-0.15, -0.1) is 0 Å². The summed E-state index contributed by atoms with van der Waals surface area (Å²) >= 11 is 0. The van der Waals surface area contributed by atoms with Gasteiger partial charge in [0, 0.05) is 25.2 Å². The Morgan fingerprint density at radius 2 is 1.63 bits per heavy atom. The first-order valence-corrected chi connectivity index (χ1v) is 11.3. The van der Waals surface area contributed by atoms with E-state index in [1.165, 1.54) is 12.0 Å². The third-order valence-corrected chi connectivity index (χ3v) is 6.81. The zero-order chi connectivity index (χ0) is 20.9. The zero-order valence-electron chi connectivity index (χ0n) is 17.9. The Morgan fingerprint density at radius 3 is 2.37 bits per heavy atom. The average molecular weight is 405 g/mol. The van der Waals surface area contributed by atoms with E-state index in [0.29, 0.717) is 18.0 Å². The van der Waals surface area contributed by atoms with Crippen LogP contribution in [0.1, 0.15) is 54.4 Å². The van der Waals surface area contributed by atoms with Gasteiger partial charge >= 0.3 is 0 Å². The van der Waals surface area contributed by atoms with Crippen LogP contribution in [0.2, 0.25) is 0 Å². The highest BCUT2D eigenvalue weighted by Crippen LogP contribution is 2.41. The molecule has 1 aliphatic heterocycles. The van der Waals surface area contributed by atoms with Gasteiger partial charge in [0.15, 0.2) is 0 Å². The van der Waals surface area contributed by atoms with Crippen molar-refractivity contribution < 1.29 is 9.59 Å². The van der Waals surface area contributed by atoms with Crippen molar-refractivity contribution >= 4 is 11.8 Å². The number of amides is 2. The van der Waals surface area contributed by atoms with Crippen molar-refractivity contribution in [1.29, 1.82) is 0 Å². The molecule has 158 valence electrons. The van der Waals surface area contributed by atoms with Crippen LogP contribution in [0, 0.1) is 5.92 Å². The fourth-order valence-electron chi connectivity index (χ4n) is 5.23. The van der Waals surface area contributed by atoms with Gasteiger partial charge in [-0.3, -0.25) is 9.59 Å². The van der Waals surface area contributed by atoms with Crippen LogP contribution in [0.25, 0.3) is 0 Å². The maximum absolute atomic E-state index is 13.4. The van der Waals surface area contributed by atoms with Gasteiger partial charge in [-0.25, -0.2) is 0 Å². The van der Waals surface area contributed by atoms with Crippen molar-refractivity contribution in [2.45, 2.75) is 57.0 Å². The van der Waals surface area contributed by atoms with Crippen molar-refractivity contribution in [3.8, 4) is 0 Å². The molecule has 4 nitrogen and oxygen atoms in total. The van der Waals surface area contributed by atoms with Gasteiger partial charge in [-0.1, -0.05) is 61.4 Å². The van der Waals surface area contributed by atoms with Crippen molar-refractivity contribution in [2.75, 3.05) is 13.6 Å². The van der Waals surface area contributed by atoms with Crippen LogP contribution < -0.4 is 0 Å². The molecule has 0 bridgehead atoms. The molecule has 0 spiro atoms. The molecular formula is C26H32N2O2. The smallest absolute Gasteiger partial charge is 0.254 e. The molecule has 0 N–H and O–H groups in total. The summed E-state index contributed by atoms with van der Waals surface area (Å²) in [4.78, 5) is 30.6. The zero-order valence-corrected chi connectivity index (χ0v) is 17.9. The van der Waals surface area contributed by atoms with Gasteiger partial charge in [0.2, 0.25) is 5.91 Å². The monoisotopic (exact) mass is 404 g/mol. The van der Waals surface area contributed by atoms with Crippen molar-refractivity contribution in [1.82, 2.24) is 9.80 Å². The number of benzene rings is 2. The highest BCUT2D eigenvalue weighted by Gasteiger charge is 2.48. The number of likely N-dealkylation sites (N-methyl/N-ethyl adjacent to an activating group) is 1. The quantitative estimate of drug-likeness (QED) is 0.709. The third kappa shape index (κ3) is 4.43. The Hall–Kier alpha value is -2.62. The molecule has 2 aromatic rings. The molecule has 1 saturated carbocycles. The van der Waals surface area contributed by atoms with Gasteiger partial charge in [0.25, 0.3) is 5.91 Å². The number of fused-ring (bicyclic) bond motifs is 1. The second kappa shape index (κ2) is 9.46. The van der Waals surface area contributed by atoms with Crippen LogP contribution >= 0.6 is 0 Å². The number of likely N-dealkylation sites (tertiary alicyclic amines) is 1. The van der Waals surface area contributed by atoms with E-state index in [2.05, 4.69) is 24.3 Å². The van der Waals surface area contributed by atoms with Crippen LogP contribution in [0.5, 0.6) is 0 Å². The molecule has 1 aliphatic carbocycles. The third-order valence-electron chi connectivity index (χ3n) is 6.81. The normalized spacial score (nSPS) is 23.1. The summed E-state index contributed by atoms with van der Waals surface area (Å²) in [5.74, 6) is 0.570. The lowest BCUT2D eigenvalue weighted by Gasteiger charge is -2.34. The standard InChI is InChI=1S/C26H32N2O2/c1-27(18-10-13-20-11-4-2-5-12-20)26(30)24-19-22-16-8-9-17-23(22)28(24)25(29)21-14-6-3-7-15-21/h2-7,11-12,14-15,22-24H,8-10,13,16-19H2,1H3. The highest BCUT2D eigenvalue weighted by atomic mass is 16.2. The maximum atomic E-state index is 13.4. The molecule has 3 atom stereocenters. The Labute approximate surface area is 179 Å². The molecule has 2 fully saturated rings. The van der Waals surface area contributed by atoms with Gasteiger partial charge in [0.05, 0.1) is 0 Å². The Morgan fingerprint density at radius 1 is 0.967 bits per heavy atom. The van der Waals surface area contributed by atoms with E-state index in [1.54, 1.807) is 0 Å². The molecule has 2 amide bonds. The summed E-state index contributed by atoms with van der Waals surface area (Å²) in [5.41, 5.74) is 1.99. The minimum absolute atomic E-state index is 0.0148. The predicted molar refractivity (Wildman–Crippen MR) is 119 cm³/mol. The SMILES string of the molecule is CN(CCCc1ccccc1)C(=O)C1CC2CCCCC2N1C(=O)c1ccccc1. The van der Waals surface area contributed by atoms with Crippen molar-refractivity contribution in [3.63, 3.8) is 0 Å². The fraction of sp³-hybridized carbons (Fsp3) is 0.462. The molecule has 1 heterocycles. The van der Waals surface area contributed by atoms with Crippen LogP contribution in [-0.2, 0) is 11.2 Å². The van der Waals surface area contributed by atoms with Crippen molar-refractivity contribution in [3.05, 3.63) is 71.8 Å². The first kappa shape index (κ1) is 20.6. The molecule has 2 aliphatic rings. The summed E-state index contributed by atoms with van der Waals surface area (Å²) in [7, 11) is 1.89. The number of hydrogen-bond donors (Lipinski definition) is 0. The van der Waals surface area contributed by atoms with Crippen LogP contribution in [0.3, 0.4) is 0 Å². The van der Waals surface area contributed by atoms with Crippen LogP contribution in [-0.4, -0.2) is 47.3 Å². The average Bonchev–Trinajstić information content (AvgIpc) is 3.19. The number of rotatable bonds is 6. The molecule has 3 unspecified atom stereocenters. The van der Waals surface area contributed by atoms with E-state index in [1.807, 2.05) is 53.2 Å². The van der Waals surface area contributed by atoms with E-state index in [0.717, 1.165) is 38.5 Å². The van der Waals surface area contributed by atoms with E-state index >= 15 is 0 Å². The second-order valence-electron chi connectivity index (χ2n) is 8.79. The van der Waals surface area contributed by atoms with Gasteiger partial charge in [-0.05, 0) is 55.7 Å². The first-order valence-electron chi connectivity index (χ1n) is 11.3. The molecule has 1 saturated heterocycles.